The van der Waals surface area contributed by atoms with E-state index in [9.17, 15) is 9.59 Å². The monoisotopic (exact) mass is 458 g/mol. The average Bonchev–Trinajstić information content (AvgIpc) is 3.30. The van der Waals surface area contributed by atoms with Gasteiger partial charge in [-0.2, -0.15) is 0 Å². The summed E-state index contributed by atoms with van der Waals surface area (Å²) < 4.78 is 6.38. The molecule has 0 radical (unpaired) electrons. The van der Waals surface area contributed by atoms with Gasteiger partial charge in [0.25, 0.3) is 5.91 Å². The number of carbonyl (C=O) groups excluding carboxylic acids is 2. The van der Waals surface area contributed by atoms with Crippen molar-refractivity contribution in [2.45, 2.75) is 19.4 Å². The number of aromatic nitrogens is 1. The summed E-state index contributed by atoms with van der Waals surface area (Å²) in [4.78, 5) is 33.3. The molecule has 176 valence electrons. The van der Waals surface area contributed by atoms with Crippen LogP contribution in [0.2, 0.25) is 0 Å². The predicted octanol–water partition coefficient (Wildman–Crippen LogP) is 3.19. The highest BCUT2D eigenvalue weighted by molar-refractivity contribution is 5.95. The van der Waals surface area contributed by atoms with Crippen molar-refractivity contribution in [3.63, 3.8) is 0 Å². The number of hydrogen-bond donors (Lipinski definition) is 1. The second kappa shape index (κ2) is 9.43. The number of likely N-dealkylation sites (N-methyl/N-ethyl adjacent to an activating group) is 1. The number of amides is 2. The van der Waals surface area contributed by atoms with Crippen LogP contribution in [0.15, 0.2) is 54.7 Å². The van der Waals surface area contributed by atoms with Crippen LogP contribution in [0, 0.1) is 5.92 Å². The van der Waals surface area contributed by atoms with E-state index >= 15 is 0 Å². The van der Waals surface area contributed by atoms with Crippen LogP contribution in [0.25, 0.3) is 22.0 Å². The number of carbonyl (C=O) groups is 2. The Bertz CT molecular complexity index is 1200. The van der Waals surface area contributed by atoms with E-state index in [1.807, 2.05) is 60.4 Å². The summed E-state index contributed by atoms with van der Waals surface area (Å²) in [6.45, 7) is 5.97. The fourth-order valence-electron chi connectivity index (χ4n) is 4.67. The standard InChI is InChI=1S/C27H30N4O3/c1-18(22-16-26(32)29-17-22)34-25-15-21(14-24-23(25)4-3-9-28-24)19-5-7-20(8-6-19)27(33)31-12-10-30(2)11-13-31/h3-9,14-15,18,22H,10-13,16-17H2,1-2H3,(H,29,32)/t18-,22?/m1/s1. The molecule has 2 aliphatic rings. The zero-order chi connectivity index (χ0) is 23.7. The first kappa shape index (κ1) is 22.3. The molecule has 0 bridgehead atoms. The van der Waals surface area contributed by atoms with E-state index in [2.05, 4.69) is 22.2 Å². The fourth-order valence-corrected chi connectivity index (χ4v) is 4.67. The minimum Gasteiger partial charge on any atom is -0.490 e. The predicted molar refractivity (Wildman–Crippen MR) is 132 cm³/mol. The molecule has 1 N–H and O–H groups in total. The van der Waals surface area contributed by atoms with E-state index < -0.39 is 0 Å². The number of fused-ring (bicyclic) bond motifs is 1. The third-order valence-corrected chi connectivity index (χ3v) is 6.92. The molecule has 0 aliphatic carbocycles. The van der Waals surface area contributed by atoms with Crippen LogP contribution < -0.4 is 10.1 Å². The molecule has 5 rings (SSSR count). The number of nitrogens with one attached hydrogen (secondary N) is 1. The highest BCUT2D eigenvalue weighted by atomic mass is 16.5. The molecule has 2 aliphatic heterocycles. The van der Waals surface area contributed by atoms with Gasteiger partial charge in [-0.15, -0.1) is 0 Å². The number of hydrogen-bond acceptors (Lipinski definition) is 5. The Kier molecular flexibility index (Phi) is 6.20. The van der Waals surface area contributed by atoms with E-state index in [4.69, 9.17) is 4.74 Å². The lowest BCUT2D eigenvalue weighted by molar-refractivity contribution is -0.119. The van der Waals surface area contributed by atoms with Crippen molar-refractivity contribution in [1.29, 1.82) is 0 Å². The van der Waals surface area contributed by atoms with Gasteiger partial charge in [-0.3, -0.25) is 14.6 Å². The number of rotatable bonds is 5. The lowest BCUT2D eigenvalue weighted by Crippen LogP contribution is -2.47. The average molecular weight is 459 g/mol. The van der Waals surface area contributed by atoms with Gasteiger partial charge in [-0.05, 0) is 61.5 Å². The summed E-state index contributed by atoms with van der Waals surface area (Å²) in [5.74, 6) is 1.05. The maximum atomic E-state index is 12.9. The molecule has 3 heterocycles. The molecule has 2 atom stereocenters. The first-order valence-corrected chi connectivity index (χ1v) is 11.9. The molecule has 0 saturated carbocycles. The van der Waals surface area contributed by atoms with E-state index in [1.54, 1.807) is 6.20 Å². The van der Waals surface area contributed by atoms with Crippen LogP contribution in [0.1, 0.15) is 23.7 Å². The molecule has 7 heteroatoms. The Morgan fingerprint density at radius 2 is 1.85 bits per heavy atom. The largest absolute Gasteiger partial charge is 0.490 e. The summed E-state index contributed by atoms with van der Waals surface area (Å²) >= 11 is 0. The summed E-state index contributed by atoms with van der Waals surface area (Å²) in [5.41, 5.74) is 3.53. The third kappa shape index (κ3) is 4.61. The Morgan fingerprint density at radius 3 is 2.56 bits per heavy atom. The molecular formula is C27H30N4O3. The first-order chi connectivity index (χ1) is 16.5. The molecule has 2 aromatic carbocycles. The molecule has 1 aromatic heterocycles. The van der Waals surface area contributed by atoms with Crippen LogP contribution in [-0.4, -0.2) is 72.5 Å². The molecule has 2 saturated heterocycles. The Labute approximate surface area is 199 Å². The lowest BCUT2D eigenvalue weighted by Gasteiger charge is -2.32. The van der Waals surface area contributed by atoms with Crippen LogP contribution >= 0.6 is 0 Å². The van der Waals surface area contributed by atoms with Crippen molar-refractivity contribution >= 4 is 22.7 Å². The molecular weight excluding hydrogens is 428 g/mol. The Morgan fingerprint density at radius 1 is 1.09 bits per heavy atom. The van der Waals surface area contributed by atoms with Gasteiger partial charge in [0.2, 0.25) is 5.91 Å². The third-order valence-electron chi connectivity index (χ3n) is 6.92. The van der Waals surface area contributed by atoms with Crippen LogP contribution in [0.5, 0.6) is 5.75 Å². The number of benzene rings is 2. The van der Waals surface area contributed by atoms with Crippen molar-refractivity contribution in [2.75, 3.05) is 39.8 Å². The number of nitrogens with zero attached hydrogens (tertiary/aromatic N) is 3. The first-order valence-electron chi connectivity index (χ1n) is 11.9. The van der Waals surface area contributed by atoms with Crippen LogP contribution in [-0.2, 0) is 4.79 Å². The SMILES string of the molecule is C[C@@H](Oc1cc(-c2ccc(C(=O)N3CCN(C)CC3)cc2)cc2ncccc12)C1CNC(=O)C1. The van der Waals surface area contributed by atoms with Crippen molar-refractivity contribution in [2.24, 2.45) is 5.92 Å². The molecule has 0 spiro atoms. The minimum atomic E-state index is -0.110. The van der Waals surface area contributed by atoms with Crippen molar-refractivity contribution in [3.8, 4) is 16.9 Å². The smallest absolute Gasteiger partial charge is 0.253 e. The van der Waals surface area contributed by atoms with Gasteiger partial charge in [-0.1, -0.05) is 12.1 Å². The summed E-state index contributed by atoms with van der Waals surface area (Å²) in [6, 6.07) is 15.8. The van der Waals surface area contributed by atoms with E-state index in [1.165, 1.54) is 0 Å². The van der Waals surface area contributed by atoms with Gasteiger partial charge in [0, 0.05) is 62.2 Å². The van der Waals surface area contributed by atoms with Gasteiger partial charge in [-0.25, -0.2) is 0 Å². The zero-order valence-electron chi connectivity index (χ0n) is 19.7. The molecule has 34 heavy (non-hydrogen) atoms. The van der Waals surface area contributed by atoms with Crippen molar-refractivity contribution < 1.29 is 14.3 Å². The lowest BCUT2D eigenvalue weighted by atomic mass is 10.00. The second-order valence-corrected chi connectivity index (χ2v) is 9.31. The molecule has 7 nitrogen and oxygen atoms in total. The van der Waals surface area contributed by atoms with Crippen LogP contribution in [0.4, 0.5) is 0 Å². The topological polar surface area (TPSA) is 74.8 Å². The fraction of sp³-hybridized carbons (Fsp3) is 0.370. The van der Waals surface area contributed by atoms with E-state index in [0.717, 1.165) is 54.0 Å². The maximum absolute atomic E-state index is 12.9. The summed E-state index contributed by atoms with van der Waals surface area (Å²) in [6.07, 6.45) is 2.15. The number of ether oxygens (including phenoxy) is 1. The van der Waals surface area contributed by atoms with Gasteiger partial charge >= 0.3 is 0 Å². The number of pyridine rings is 1. The van der Waals surface area contributed by atoms with Crippen LogP contribution in [0.3, 0.4) is 0 Å². The molecule has 2 fully saturated rings. The maximum Gasteiger partial charge on any atom is 0.253 e. The Hall–Kier alpha value is -3.45. The highest BCUT2D eigenvalue weighted by Crippen LogP contribution is 2.33. The zero-order valence-corrected chi connectivity index (χ0v) is 19.7. The normalized spacial score (nSPS) is 19.8. The molecule has 2 amide bonds. The van der Waals surface area contributed by atoms with E-state index in [0.29, 0.717) is 18.5 Å². The van der Waals surface area contributed by atoms with Gasteiger partial charge in [0.15, 0.2) is 0 Å². The van der Waals surface area contributed by atoms with Gasteiger partial charge in [0.05, 0.1) is 5.52 Å². The molecule has 1 unspecified atom stereocenters. The minimum absolute atomic E-state index is 0.0759. The summed E-state index contributed by atoms with van der Waals surface area (Å²) in [5, 5.41) is 3.83. The summed E-state index contributed by atoms with van der Waals surface area (Å²) in [7, 11) is 2.08. The quantitative estimate of drug-likeness (QED) is 0.636. The van der Waals surface area contributed by atoms with Crippen molar-refractivity contribution in [3.05, 3.63) is 60.3 Å². The van der Waals surface area contributed by atoms with Crippen molar-refractivity contribution in [1.82, 2.24) is 20.1 Å². The number of piperazine rings is 1. The molecule has 3 aromatic rings. The highest BCUT2D eigenvalue weighted by Gasteiger charge is 2.28. The Balaban J connectivity index is 1.40. The second-order valence-electron chi connectivity index (χ2n) is 9.31. The van der Waals surface area contributed by atoms with Gasteiger partial charge < -0.3 is 19.9 Å². The van der Waals surface area contributed by atoms with Gasteiger partial charge in [0.1, 0.15) is 11.9 Å². The van der Waals surface area contributed by atoms with E-state index in [-0.39, 0.29) is 23.8 Å².